The van der Waals surface area contributed by atoms with E-state index in [0.717, 1.165) is 0 Å². The molecule has 120 valence electrons. The first-order valence-electron chi connectivity index (χ1n) is 7.25. The Hall–Kier alpha value is -1.83. The van der Waals surface area contributed by atoms with Crippen LogP contribution >= 0.6 is 0 Å². The number of para-hydroxylation sites is 2. The molecule has 0 spiro atoms. The maximum Gasteiger partial charge on any atom is 0.264 e. The van der Waals surface area contributed by atoms with Crippen molar-refractivity contribution in [2.45, 2.75) is 18.3 Å². The van der Waals surface area contributed by atoms with Gasteiger partial charge in [0, 0.05) is 12.5 Å². The standard InChI is InChI=1S/C15H19NO6/c17-10-7-20-6-9(14(10)18)5-16-15(19)13-8-21-11-3-1-2-4-12(11)22-13/h1-4,9-10,13-14,17-18H,5-8H2,(H,16,19)/t9-,10-,13+,14+/m1/s1. The minimum Gasteiger partial charge on any atom is -0.485 e. The van der Waals surface area contributed by atoms with E-state index in [2.05, 4.69) is 5.32 Å². The molecule has 0 aromatic heterocycles. The summed E-state index contributed by atoms with van der Waals surface area (Å²) >= 11 is 0. The largest absolute Gasteiger partial charge is 0.485 e. The maximum absolute atomic E-state index is 12.1. The number of rotatable bonds is 3. The molecule has 1 aromatic rings. The predicted molar refractivity (Wildman–Crippen MR) is 75.7 cm³/mol. The Bertz CT molecular complexity index is 537. The van der Waals surface area contributed by atoms with Crippen molar-refractivity contribution in [3.63, 3.8) is 0 Å². The topological polar surface area (TPSA) is 97.3 Å². The number of ether oxygens (including phenoxy) is 3. The molecule has 1 amide bonds. The van der Waals surface area contributed by atoms with Crippen molar-refractivity contribution in [2.24, 2.45) is 5.92 Å². The van der Waals surface area contributed by atoms with Gasteiger partial charge in [-0.25, -0.2) is 0 Å². The fourth-order valence-corrected chi connectivity index (χ4v) is 2.53. The number of hydrogen-bond acceptors (Lipinski definition) is 6. The lowest BCUT2D eigenvalue weighted by molar-refractivity contribution is -0.135. The predicted octanol–water partition coefficient (Wildman–Crippen LogP) is -0.689. The summed E-state index contributed by atoms with van der Waals surface area (Å²) in [7, 11) is 0. The van der Waals surface area contributed by atoms with Gasteiger partial charge in [-0.2, -0.15) is 0 Å². The van der Waals surface area contributed by atoms with E-state index in [1.807, 2.05) is 6.07 Å². The van der Waals surface area contributed by atoms with Crippen molar-refractivity contribution in [1.82, 2.24) is 5.32 Å². The molecule has 3 rings (SSSR count). The van der Waals surface area contributed by atoms with Gasteiger partial charge in [-0.15, -0.1) is 0 Å². The summed E-state index contributed by atoms with van der Waals surface area (Å²) in [5, 5.41) is 22.1. The van der Waals surface area contributed by atoms with Crippen LogP contribution in [0.15, 0.2) is 24.3 Å². The lowest BCUT2D eigenvalue weighted by Crippen LogP contribution is -2.51. The summed E-state index contributed by atoms with van der Waals surface area (Å²) in [6, 6.07) is 7.16. The lowest BCUT2D eigenvalue weighted by atomic mass is 9.96. The first-order valence-corrected chi connectivity index (χ1v) is 7.25. The summed E-state index contributed by atoms with van der Waals surface area (Å²) in [5.41, 5.74) is 0. The van der Waals surface area contributed by atoms with Crippen LogP contribution < -0.4 is 14.8 Å². The lowest BCUT2D eigenvalue weighted by Gasteiger charge is -2.32. The van der Waals surface area contributed by atoms with Crippen molar-refractivity contribution < 1.29 is 29.2 Å². The zero-order chi connectivity index (χ0) is 15.5. The highest BCUT2D eigenvalue weighted by Crippen LogP contribution is 2.30. The Morgan fingerprint density at radius 3 is 2.77 bits per heavy atom. The molecule has 0 unspecified atom stereocenters. The molecule has 7 nitrogen and oxygen atoms in total. The highest BCUT2D eigenvalue weighted by atomic mass is 16.6. The second-order valence-corrected chi connectivity index (χ2v) is 5.46. The minimum absolute atomic E-state index is 0.113. The van der Waals surface area contributed by atoms with E-state index in [4.69, 9.17) is 14.2 Å². The van der Waals surface area contributed by atoms with E-state index in [9.17, 15) is 15.0 Å². The van der Waals surface area contributed by atoms with Gasteiger partial charge in [-0.3, -0.25) is 4.79 Å². The van der Waals surface area contributed by atoms with E-state index >= 15 is 0 Å². The number of aliphatic hydroxyl groups excluding tert-OH is 2. The second kappa shape index (κ2) is 6.51. The van der Waals surface area contributed by atoms with Crippen LogP contribution in [-0.4, -0.2) is 60.8 Å². The van der Waals surface area contributed by atoms with Crippen LogP contribution in [-0.2, 0) is 9.53 Å². The van der Waals surface area contributed by atoms with E-state index < -0.39 is 18.3 Å². The van der Waals surface area contributed by atoms with Crippen LogP contribution in [0.1, 0.15) is 0 Å². The van der Waals surface area contributed by atoms with E-state index in [-0.39, 0.29) is 31.6 Å². The third kappa shape index (κ3) is 3.16. The van der Waals surface area contributed by atoms with Crippen LogP contribution in [0.2, 0.25) is 0 Å². The molecule has 0 bridgehead atoms. The average molecular weight is 309 g/mol. The van der Waals surface area contributed by atoms with E-state index in [1.54, 1.807) is 18.2 Å². The monoisotopic (exact) mass is 309 g/mol. The molecular weight excluding hydrogens is 290 g/mol. The second-order valence-electron chi connectivity index (χ2n) is 5.46. The number of amides is 1. The fraction of sp³-hybridized carbons (Fsp3) is 0.533. The molecule has 1 saturated heterocycles. The third-order valence-corrected chi connectivity index (χ3v) is 3.84. The SMILES string of the molecule is O=C(NC[C@@H]1COC[C@@H](O)[C@H]1O)[C@@H]1COc2ccccc2O1. The van der Waals surface area contributed by atoms with Gasteiger partial charge < -0.3 is 29.7 Å². The van der Waals surface area contributed by atoms with Crippen molar-refractivity contribution in [3.8, 4) is 11.5 Å². The van der Waals surface area contributed by atoms with Gasteiger partial charge >= 0.3 is 0 Å². The zero-order valence-electron chi connectivity index (χ0n) is 12.0. The van der Waals surface area contributed by atoms with Crippen molar-refractivity contribution in [3.05, 3.63) is 24.3 Å². The number of carbonyl (C=O) groups excluding carboxylic acids is 1. The Balaban J connectivity index is 1.53. The fourth-order valence-electron chi connectivity index (χ4n) is 2.53. The first kappa shape index (κ1) is 15.1. The first-order chi connectivity index (χ1) is 10.6. The molecule has 1 fully saturated rings. The summed E-state index contributed by atoms with van der Waals surface area (Å²) in [5.74, 6) is 0.488. The van der Waals surface area contributed by atoms with Crippen molar-refractivity contribution in [2.75, 3.05) is 26.4 Å². The van der Waals surface area contributed by atoms with Gasteiger partial charge in [0.15, 0.2) is 11.5 Å². The Morgan fingerprint density at radius 1 is 1.18 bits per heavy atom. The van der Waals surface area contributed by atoms with Gasteiger partial charge in [-0.05, 0) is 12.1 Å². The quantitative estimate of drug-likeness (QED) is 0.684. The summed E-state index contributed by atoms with van der Waals surface area (Å²) in [4.78, 5) is 12.1. The maximum atomic E-state index is 12.1. The van der Waals surface area contributed by atoms with Gasteiger partial charge in [0.25, 0.3) is 5.91 Å². The smallest absolute Gasteiger partial charge is 0.264 e. The van der Waals surface area contributed by atoms with Gasteiger partial charge in [0.2, 0.25) is 6.10 Å². The average Bonchev–Trinajstić information content (AvgIpc) is 2.55. The molecule has 2 aliphatic heterocycles. The van der Waals surface area contributed by atoms with E-state index in [0.29, 0.717) is 18.1 Å². The molecule has 0 saturated carbocycles. The molecule has 0 aliphatic carbocycles. The van der Waals surface area contributed by atoms with Gasteiger partial charge in [-0.1, -0.05) is 12.1 Å². The van der Waals surface area contributed by atoms with Gasteiger partial charge in [0.05, 0.1) is 19.3 Å². The molecule has 22 heavy (non-hydrogen) atoms. The highest BCUT2D eigenvalue weighted by Gasteiger charge is 2.33. The van der Waals surface area contributed by atoms with E-state index in [1.165, 1.54) is 0 Å². The van der Waals surface area contributed by atoms with Crippen LogP contribution in [0.4, 0.5) is 0 Å². The van der Waals surface area contributed by atoms with Crippen LogP contribution in [0, 0.1) is 5.92 Å². The molecule has 1 aromatic carbocycles. The Labute approximate surface area is 127 Å². The van der Waals surface area contributed by atoms with Crippen LogP contribution in [0.5, 0.6) is 11.5 Å². The molecule has 2 heterocycles. The molecule has 7 heteroatoms. The number of benzene rings is 1. The zero-order valence-corrected chi connectivity index (χ0v) is 12.0. The number of carbonyl (C=O) groups is 1. The normalized spacial score (nSPS) is 30.6. The van der Waals surface area contributed by atoms with Crippen molar-refractivity contribution in [1.29, 1.82) is 0 Å². The van der Waals surface area contributed by atoms with Crippen LogP contribution in [0.25, 0.3) is 0 Å². The molecule has 2 aliphatic rings. The van der Waals surface area contributed by atoms with Gasteiger partial charge in [0.1, 0.15) is 12.7 Å². The number of hydrogen-bond donors (Lipinski definition) is 3. The highest BCUT2D eigenvalue weighted by molar-refractivity contribution is 5.81. The number of fused-ring (bicyclic) bond motifs is 1. The number of aliphatic hydroxyl groups is 2. The van der Waals surface area contributed by atoms with Crippen molar-refractivity contribution >= 4 is 5.91 Å². The minimum atomic E-state index is -0.920. The molecule has 0 radical (unpaired) electrons. The molecule has 4 atom stereocenters. The molecular formula is C15H19NO6. The summed E-state index contributed by atoms with van der Waals surface area (Å²) in [6.07, 6.45) is -2.56. The Morgan fingerprint density at radius 2 is 1.95 bits per heavy atom. The summed E-state index contributed by atoms with van der Waals surface area (Å²) < 4.78 is 16.3. The number of nitrogens with one attached hydrogen (secondary N) is 1. The third-order valence-electron chi connectivity index (χ3n) is 3.84. The summed E-state index contributed by atoms with van der Waals surface area (Å²) in [6.45, 7) is 0.749. The Kier molecular flexibility index (Phi) is 4.47. The molecule has 3 N–H and O–H groups in total. The van der Waals surface area contributed by atoms with Crippen LogP contribution in [0.3, 0.4) is 0 Å².